The maximum absolute atomic E-state index is 11.9. The molecule has 0 aromatic rings. The van der Waals surface area contributed by atoms with Gasteiger partial charge in [-0.2, -0.15) is 0 Å². The topological polar surface area (TPSA) is 57.6 Å². The quantitative estimate of drug-likeness (QED) is 0.647. The zero-order valence-corrected chi connectivity index (χ0v) is 11.8. The van der Waals surface area contributed by atoms with Gasteiger partial charge in [-0.3, -0.25) is 9.59 Å². The van der Waals surface area contributed by atoms with Crippen molar-refractivity contribution in [3.63, 3.8) is 0 Å². The smallest absolute Gasteiger partial charge is 0.313 e. The van der Waals surface area contributed by atoms with E-state index in [1.165, 1.54) is 0 Å². The number of carboxylic acid groups (broad SMARTS) is 1. The maximum Gasteiger partial charge on any atom is 0.313 e. The number of carbonyl (C=O) groups excluding carboxylic acids is 1. The number of hydrogen-bond donors (Lipinski definition) is 1. The van der Waals surface area contributed by atoms with Crippen LogP contribution in [0, 0.1) is 0 Å². The minimum absolute atomic E-state index is 0.00731. The summed E-state index contributed by atoms with van der Waals surface area (Å²) in [6.45, 7) is 6.89. The fraction of sp³-hybridized carbons (Fsp3) is 0.833. The van der Waals surface area contributed by atoms with Crippen LogP contribution in [-0.4, -0.2) is 46.0 Å². The van der Waals surface area contributed by atoms with Crippen LogP contribution in [0.1, 0.15) is 40.0 Å². The Kier molecular flexibility index (Phi) is 8.94. The summed E-state index contributed by atoms with van der Waals surface area (Å²) in [7, 11) is 0. The van der Waals surface area contributed by atoms with Crippen LogP contribution in [-0.2, 0) is 9.59 Å². The summed E-state index contributed by atoms with van der Waals surface area (Å²) in [5.41, 5.74) is 0. The van der Waals surface area contributed by atoms with Gasteiger partial charge in [0.05, 0.1) is 11.5 Å². The third-order valence-electron chi connectivity index (χ3n) is 2.40. The molecule has 0 aromatic heterocycles. The van der Waals surface area contributed by atoms with Crippen LogP contribution in [0.3, 0.4) is 0 Å². The SMILES string of the molecule is CCCCCN(C(=O)CSCC(=O)O)C(C)C. The van der Waals surface area contributed by atoms with E-state index < -0.39 is 5.97 Å². The van der Waals surface area contributed by atoms with Crippen LogP contribution >= 0.6 is 11.8 Å². The van der Waals surface area contributed by atoms with Crippen molar-refractivity contribution in [3.05, 3.63) is 0 Å². The average Bonchev–Trinajstić information content (AvgIpc) is 2.23. The Morgan fingerprint density at radius 1 is 1.24 bits per heavy atom. The molecule has 0 atom stereocenters. The molecule has 4 nitrogen and oxygen atoms in total. The Bertz CT molecular complexity index is 244. The Hall–Kier alpha value is -0.710. The first-order chi connectivity index (χ1) is 7.99. The second-order valence-corrected chi connectivity index (χ2v) is 5.26. The number of amides is 1. The Morgan fingerprint density at radius 2 is 1.88 bits per heavy atom. The number of carboxylic acids is 1. The van der Waals surface area contributed by atoms with Crippen molar-refractivity contribution >= 4 is 23.6 Å². The summed E-state index contributed by atoms with van der Waals surface area (Å²) >= 11 is 1.16. The Balaban J connectivity index is 4.01. The Morgan fingerprint density at radius 3 is 2.35 bits per heavy atom. The van der Waals surface area contributed by atoms with Gasteiger partial charge in [0, 0.05) is 12.6 Å². The van der Waals surface area contributed by atoms with Gasteiger partial charge in [0.1, 0.15) is 0 Å². The van der Waals surface area contributed by atoms with Gasteiger partial charge < -0.3 is 10.0 Å². The lowest BCUT2D eigenvalue weighted by Crippen LogP contribution is -2.39. The van der Waals surface area contributed by atoms with Crippen LogP contribution in [0.4, 0.5) is 0 Å². The van der Waals surface area contributed by atoms with E-state index in [4.69, 9.17) is 5.11 Å². The summed E-state index contributed by atoms with van der Waals surface area (Å²) in [6.07, 6.45) is 3.27. The largest absolute Gasteiger partial charge is 0.481 e. The molecule has 0 aromatic carbocycles. The van der Waals surface area contributed by atoms with Gasteiger partial charge in [-0.1, -0.05) is 19.8 Å². The number of rotatable bonds is 9. The van der Waals surface area contributed by atoms with Crippen molar-refractivity contribution in [1.82, 2.24) is 4.90 Å². The molecule has 0 aliphatic rings. The highest BCUT2D eigenvalue weighted by Gasteiger charge is 2.16. The highest BCUT2D eigenvalue weighted by Crippen LogP contribution is 2.08. The second-order valence-electron chi connectivity index (χ2n) is 4.27. The molecule has 0 bridgehead atoms. The fourth-order valence-corrected chi connectivity index (χ4v) is 2.13. The van der Waals surface area contributed by atoms with Crippen molar-refractivity contribution in [2.75, 3.05) is 18.1 Å². The predicted octanol–water partition coefficient (Wildman–Crippen LogP) is 2.23. The first-order valence-electron chi connectivity index (χ1n) is 6.08. The molecule has 100 valence electrons. The molecule has 0 radical (unpaired) electrons. The molecule has 17 heavy (non-hydrogen) atoms. The zero-order chi connectivity index (χ0) is 13.3. The predicted molar refractivity (Wildman–Crippen MR) is 71.3 cm³/mol. The lowest BCUT2D eigenvalue weighted by molar-refractivity contribution is -0.133. The fourth-order valence-electron chi connectivity index (χ4n) is 1.51. The lowest BCUT2D eigenvalue weighted by atomic mass is 10.2. The van der Waals surface area contributed by atoms with Crippen molar-refractivity contribution < 1.29 is 14.7 Å². The number of aliphatic carboxylic acids is 1. The summed E-state index contributed by atoms with van der Waals surface area (Å²) in [5.74, 6) is -0.573. The van der Waals surface area contributed by atoms with Crippen LogP contribution in [0.25, 0.3) is 0 Å². The molecule has 0 saturated heterocycles. The van der Waals surface area contributed by atoms with Crippen molar-refractivity contribution in [3.8, 4) is 0 Å². The van der Waals surface area contributed by atoms with Gasteiger partial charge in [-0.25, -0.2) is 0 Å². The highest BCUT2D eigenvalue weighted by atomic mass is 32.2. The first kappa shape index (κ1) is 16.3. The molecule has 0 rings (SSSR count). The third-order valence-corrected chi connectivity index (χ3v) is 3.30. The van der Waals surface area contributed by atoms with E-state index in [0.717, 1.165) is 37.6 Å². The van der Waals surface area contributed by atoms with Crippen LogP contribution in [0.5, 0.6) is 0 Å². The number of nitrogens with zero attached hydrogens (tertiary/aromatic N) is 1. The molecular formula is C12H23NO3S. The number of unbranched alkanes of at least 4 members (excludes halogenated alkanes) is 2. The van der Waals surface area contributed by atoms with Crippen molar-refractivity contribution in [2.45, 2.75) is 46.1 Å². The molecule has 0 fully saturated rings. The standard InChI is InChI=1S/C12H23NO3S/c1-4-5-6-7-13(10(2)3)11(14)8-17-9-12(15)16/h10H,4-9H2,1-3H3,(H,15,16). The van der Waals surface area contributed by atoms with Gasteiger partial charge in [0.25, 0.3) is 0 Å². The van der Waals surface area contributed by atoms with Crippen LogP contribution < -0.4 is 0 Å². The number of carbonyl (C=O) groups is 2. The summed E-state index contributed by atoms with van der Waals surface area (Å²) < 4.78 is 0. The van der Waals surface area contributed by atoms with E-state index in [1.54, 1.807) is 0 Å². The zero-order valence-electron chi connectivity index (χ0n) is 10.9. The molecule has 0 spiro atoms. The molecule has 0 saturated carbocycles. The normalized spacial score (nSPS) is 10.6. The molecule has 0 aliphatic carbocycles. The molecule has 1 amide bonds. The van der Waals surface area contributed by atoms with Gasteiger partial charge in [0.2, 0.25) is 5.91 Å². The van der Waals surface area contributed by atoms with E-state index in [2.05, 4.69) is 6.92 Å². The van der Waals surface area contributed by atoms with E-state index in [9.17, 15) is 9.59 Å². The van der Waals surface area contributed by atoms with Gasteiger partial charge in [-0.05, 0) is 20.3 Å². The molecule has 1 N–H and O–H groups in total. The van der Waals surface area contributed by atoms with Crippen molar-refractivity contribution in [2.24, 2.45) is 0 Å². The van der Waals surface area contributed by atoms with Gasteiger partial charge >= 0.3 is 5.97 Å². The first-order valence-corrected chi connectivity index (χ1v) is 7.23. The lowest BCUT2D eigenvalue weighted by Gasteiger charge is -2.26. The van der Waals surface area contributed by atoms with Crippen LogP contribution in [0.15, 0.2) is 0 Å². The van der Waals surface area contributed by atoms with Gasteiger partial charge in [-0.15, -0.1) is 11.8 Å². The molecular weight excluding hydrogens is 238 g/mol. The number of hydrogen-bond acceptors (Lipinski definition) is 3. The minimum Gasteiger partial charge on any atom is -0.481 e. The molecule has 5 heteroatoms. The van der Waals surface area contributed by atoms with Crippen LogP contribution in [0.2, 0.25) is 0 Å². The highest BCUT2D eigenvalue weighted by molar-refractivity contribution is 8.00. The monoisotopic (exact) mass is 261 g/mol. The number of thioether (sulfide) groups is 1. The summed E-state index contributed by atoms with van der Waals surface area (Å²) in [5, 5.41) is 8.50. The van der Waals surface area contributed by atoms with Gasteiger partial charge in [0.15, 0.2) is 0 Å². The second kappa shape index (κ2) is 9.33. The summed E-state index contributed by atoms with van der Waals surface area (Å²) in [6, 6.07) is 0.185. The average molecular weight is 261 g/mol. The molecule has 0 aliphatic heterocycles. The minimum atomic E-state index is -0.870. The van der Waals surface area contributed by atoms with E-state index in [0.29, 0.717) is 0 Å². The van der Waals surface area contributed by atoms with Crippen molar-refractivity contribution in [1.29, 1.82) is 0 Å². The van der Waals surface area contributed by atoms with E-state index in [1.807, 2.05) is 18.7 Å². The summed E-state index contributed by atoms with van der Waals surface area (Å²) in [4.78, 5) is 24.1. The maximum atomic E-state index is 11.9. The Labute approximate surface area is 108 Å². The molecule has 0 unspecified atom stereocenters. The van der Waals surface area contributed by atoms with E-state index in [-0.39, 0.29) is 23.5 Å². The molecule has 0 heterocycles. The van der Waals surface area contributed by atoms with E-state index >= 15 is 0 Å². The third kappa shape index (κ3) is 8.07.